The van der Waals surface area contributed by atoms with Crippen molar-refractivity contribution < 1.29 is 14.7 Å². The van der Waals surface area contributed by atoms with Crippen LogP contribution in [0.5, 0.6) is 0 Å². The number of carbonyl (C=O) groups is 2. The van der Waals surface area contributed by atoms with Gasteiger partial charge in [-0.3, -0.25) is 4.79 Å². The maximum atomic E-state index is 12.2. The molecule has 0 fully saturated rings. The summed E-state index contributed by atoms with van der Waals surface area (Å²) >= 11 is 0. The van der Waals surface area contributed by atoms with Crippen LogP contribution in [0.3, 0.4) is 0 Å². The third kappa shape index (κ3) is 3.46. The fraction of sp³-hybridized carbons (Fsp3) is 0.667. The number of aliphatic carboxylic acids is 1. The zero-order valence-electron chi connectivity index (χ0n) is 11.7. The molecule has 1 aliphatic rings. The Morgan fingerprint density at radius 2 is 2.20 bits per heavy atom. The number of carboxylic acids is 1. The second kappa shape index (κ2) is 5.48. The fourth-order valence-electron chi connectivity index (χ4n) is 2.09. The van der Waals surface area contributed by atoms with Crippen molar-refractivity contribution >= 4 is 12.0 Å². The lowest BCUT2D eigenvalue weighted by atomic mass is 9.99. The monoisotopic (exact) mass is 281 g/mol. The fourth-order valence-corrected chi connectivity index (χ4v) is 2.09. The zero-order valence-corrected chi connectivity index (χ0v) is 11.7. The van der Waals surface area contributed by atoms with Gasteiger partial charge in [0.15, 0.2) is 5.82 Å². The van der Waals surface area contributed by atoms with E-state index in [2.05, 4.69) is 15.5 Å². The molecule has 0 bridgehead atoms. The van der Waals surface area contributed by atoms with Crippen molar-refractivity contribution in [2.75, 3.05) is 6.54 Å². The number of nitrogens with one attached hydrogen (secondary N) is 1. The Morgan fingerprint density at radius 3 is 2.90 bits per heavy atom. The van der Waals surface area contributed by atoms with E-state index in [0.29, 0.717) is 26.1 Å². The summed E-state index contributed by atoms with van der Waals surface area (Å²) in [7, 11) is 0. The molecule has 0 aliphatic carbocycles. The van der Waals surface area contributed by atoms with Crippen molar-refractivity contribution in [1.29, 1.82) is 0 Å². The van der Waals surface area contributed by atoms with E-state index in [1.165, 1.54) is 0 Å². The van der Waals surface area contributed by atoms with Crippen LogP contribution in [-0.4, -0.2) is 48.9 Å². The Bertz CT molecular complexity index is 511. The molecule has 0 atom stereocenters. The molecule has 2 rings (SSSR count). The van der Waals surface area contributed by atoms with E-state index in [0.717, 1.165) is 5.82 Å². The molecule has 0 spiro atoms. The number of aromatic nitrogens is 3. The largest absolute Gasteiger partial charge is 0.481 e. The maximum Gasteiger partial charge on any atom is 0.318 e. The second-order valence-electron chi connectivity index (χ2n) is 5.57. The van der Waals surface area contributed by atoms with E-state index in [9.17, 15) is 9.59 Å². The zero-order chi connectivity index (χ0) is 14.8. The molecule has 0 unspecified atom stereocenters. The number of carboxylic acid groups (broad SMARTS) is 1. The van der Waals surface area contributed by atoms with Crippen LogP contribution >= 0.6 is 0 Å². The van der Waals surface area contributed by atoms with Crippen molar-refractivity contribution in [1.82, 2.24) is 25.0 Å². The van der Waals surface area contributed by atoms with Crippen molar-refractivity contribution in [2.45, 2.75) is 45.3 Å². The van der Waals surface area contributed by atoms with Crippen LogP contribution < -0.4 is 5.32 Å². The van der Waals surface area contributed by atoms with Crippen molar-refractivity contribution in [3.05, 3.63) is 12.2 Å². The molecule has 1 aromatic heterocycles. The minimum atomic E-state index is -0.863. The molecule has 0 aromatic carbocycles. The third-order valence-electron chi connectivity index (χ3n) is 3.34. The van der Waals surface area contributed by atoms with E-state index in [-0.39, 0.29) is 12.5 Å². The molecule has 1 aromatic rings. The summed E-state index contributed by atoms with van der Waals surface area (Å²) in [6, 6.07) is -0.199. The van der Waals surface area contributed by atoms with Crippen LogP contribution in [0.25, 0.3) is 0 Å². The van der Waals surface area contributed by atoms with Gasteiger partial charge in [0.25, 0.3) is 0 Å². The number of rotatable bonds is 4. The Morgan fingerprint density at radius 1 is 1.45 bits per heavy atom. The summed E-state index contributed by atoms with van der Waals surface area (Å²) in [5, 5.41) is 19.3. The first-order valence-electron chi connectivity index (χ1n) is 6.53. The number of carbonyl (C=O) groups excluding carboxylic acids is 1. The first kappa shape index (κ1) is 14.3. The SMILES string of the molecule is CC(C)(CCC(=O)O)NC(=O)N1CCn2cnnc2C1. The third-order valence-corrected chi connectivity index (χ3v) is 3.34. The topological polar surface area (TPSA) is 100 Å². The van der Waals surface area contributed by atoms with Crippen LogP contribution in [0, 0.1) is 0 Å². The van der Waals surface area contributed by atoms with Crippen LogP contribution in [0.4, 0.5) is 4.79 Å². The van der Waals surface area contributed by atoms with Gasteiger partial charge >= 0.3 is 12.0 Å². The summed E-state index contributed by atoms with van der Waals surface area (Å²) < 4.78 is 1.92. The molecule has 110 valence electrons. The van der Waals surface area contributed by atoms with Gasteiger partial charge in [0.1, 0.15) is 6.33 Å². The summed E-state index contributed by atoms with van der Waals surface area (Å²) in [5.74, 6) is -0.104. The summed E-state index contributed by atoms with van der Waals surface area (Å²) in [6.45, 7) is 5.32. The Hall–Kier alpha value is -2.12. The number of urea groups is 1. The van der Waals surface area contributed by atoms with E-state index in [1.54, 1.807) is 11.2 Å². The Labute approximate surface area is 116 Å². The Kier molecular flexibility index (Phi) is 3.91. The van der Waals surface area contributed by atoms with E-state index in [4.69, 9.17) is 5.11 Å². The number of hydrogen-bond donors (Lipinski definition) is 2. The van der Waals surface area contributed by atoms with Gasteiger partial charge in [0, 0.05) is 25.0 Å². The first-order chi connectivity index (χ1) is 9.37. The molecule has 0 radical (unpaired) electrons. The minimum Gasteiger partial charge on any atom is -0.481 e. The highest BCUT2D eigenvalue weighted by Crippen LogP contribution is 2.14. The summed E-state index contributed by atoms with van der Waals surface area (Å²) in [6.07, 6.45) is 2.07. The molecule has 2 N–H and O–H groups in total. The normalized spacial score (nSPS) is 14.8. The molecule has 2 amide bonds. The lowest BCUT2D eigenvalue weighted by molar-refractivity contribution is -0.137. The highest BCUT2D eigenvalue weighted by Gasteiger charge is 2.27. The molecule has 8 heteroatoms. The van der Waals surface area contributed by atoms with Gasteiger partial charge in [-0.2, -0.15) is 0 Å². The highest BCUT2D eigenvalue weighted by atomic mass is 16.4. The van der Waals surface area contributed by atoms with E-state index < -0.39 is 11.5 Å². The average Bonchev–Trinajstić information content (AvgIpc) is 2.83. The lowest BCUT2D eigenvalue weighted by Crippen LogP contribution is -2.51. The molecule has 0 saturated carbocycles. The van der Waals surface area contributed by atoms with Crippen molar-refractivity contribution in [3.8, 4) is 0 Å². The predicted molar refractivity (Wildman–Crippen MR) is 69.9 cm³/mol. The van der Waals surface area contributed by atoms with Gasteiger partial charge in [-0.05, 0) is 20.3 Å². The molecular weight excluding hydrogens is 262 g/mol. The van der Waals surface area contributed by atoms with Crippen LogP contribution in [0.2, 0.25) is 0 Å². The van der Waals surface area contributed by atoms with Crippen LogP contribution in [0.15, 0.2) is 6.33 Å². The van der Waals surface area contributed by atoms with Crippen molar-refractivity contribution in [3.63, 3.8) is 0 Å². The Balaban J connectivity index is 1.90. The summed E-state index contributed by atoms with van der Waals surface area (Å²) in [4.78, 5) is 24.5. The second-order valence-corrected chi connectivity index (χ2v) is 5.57. The van der Waals surface area contributed by atoms with Gasteiger partial charge in [-0.15, -0.1) is 10.2 Å². The van der Waals surface area contributed by atoms with Crippen molar-refractivity contribution in [2.24, 2.45) is 0 Å². The van der Waals surface area contributed by atoms with Gasteiger partial charge in [-0.1, -0.05) is 0 Å². The van der Waals surface area contributed by atoms with Gasteiger partial charge in [0.2, 0.25) is 0 Å². The average molecular weight is 281 g/mol. The molecule has 8 nitrogen and oxygen atoms in total. The lowest BCUT2D eigenvalue weighted by Gasteiger charge is -2.32. The predicted octanol–water partition coefficient (Wildman–Crippen LogP) is 0.447. The quantitative estimate of drug-likeness (QED) is 0.834. The van der Waals surface area contributed by atoms with Crippen LogP contribution in [0.1, 0.15) is 32.5 Å². The number of hydrogen-bond acceptors (Lipinski definition) is 4. The van der Waals surface area contributed by atoms with Crippen LogP contribution in [-0.2, 0) is 17.9 Å². The number of amides is 2. The summed E-state index contributed by atoms with van der Waals surface area (Å²) in [5.41, 5.74) is -0.555. The highest BCUT2D eigenvalue weighted by molar-refractivity contribution is 5.75. The molecule has 0 saturated heterocycles. The number of fused-ring (bicyclic) bond motifs is 1. The number of nitrogens with zero attached hydrogens (tertiary/aromatic N) is 4. The molecular formula is C12H19N5O3. The van der Waals surface area contributed by atoms with Gasteiger partial charge in [0.05, 0.1) is 6.54 Å². The smallest absolute Gasteiger partial charge is 0.318 e. The van der Waals surface area contributed by atoms with Gasteiger partial charge < -0.3 is 19.9 Å². The minimum absolute atomic E-state index is 0.0294. The van der Waals surface area contributed by atoms with E-state index >= 15 is 0 Å². The first-order valence-corrected chi connectivity index (χ1v) is 6.53. The molecule has 20 heavy (non-hydrogen) atoms. The molecule has 1 aliphatic heterocycles. The van der Waals surface area contributed by atoms with E-state index in [1.807, 2.05) is 18.4 Å². The standard InChI is InChI=1S/C12H19N5O3/c1-12(2,4-3-10(18)19)14-11(20)16-5-6-17-8-13-15-9(17)7-16/h8H,3-7H2,1-2H3,(H,14,20)(H,18,19). The molecule has 2 heterocycles. The maximum absolute atomic E-state index is 12.2. The van der Waals surface area contributed by atoms with Gasteiger partial charge in [-0.25, -0.2) is 4.79 Å².